The minimum Gasteiger partial charge on any atom is -0.303 e. The first kappa shape index (κ1) is 10.0. The van der Waals surface area contributed by atoms with Gasteiger partial charge in [-0.2, -0.15) is 0 Å². The van der Waals surface area contributed by atoms with Crippen LogP contribution in [0.1, 0.15) is 51.9 Å². The Morgan fingerprint density at radius 2 is 1.33 bits per heavy atom. The fourth-order valence-electron chi connectivity index (χ4n) is 2.03. The highest BCUT2D eigenvalue weighted by Gasteiger charge is 2.05. The molecule has 0 radical (unpaired) electrons. The van der Waals surface area contributed by atoms with Crippen LogP contribution in [0.3, 0.4) is 0 Å². The predicted molar refractivity (Wildman–Crippen MR) is 54.4 cm³/mol. The second-order valence-corrected chi connectivity index (χ2v) is 3.96. The Kier molecular flexibility index (Phi) is 5.42. The maximum absolute atomic E-state index is 2.64. The Morgan fingerprint density at radius 3 is 1.83 bits per heavy atom. The molecule has 1 saturated heterocycles. The van der Waals surface area contributed by atoms with Crippen LogP contribution in [0.25, 0.3) is 0 Å². The van der Waals surface area contributed by atoms with E-state index in [9.17, 15) is 0 Å². The van der Waals surface area contributed by atoms with Crippen LogP contribution in [-0.4, -0.2) is 24.5 Å². The van der Waals surface area contributed by atoms with E-state index in [1.807, 2.05) is 0 Å². The van der Waals surface area contributed by atoms with Gasteiger partial charge in [0.25, 0.3) is 0 Å². The molecule has 1 rings (SSSR count). The van der Waals surface area contributed by atoms with E-state index < -0.39 is 0 Å². The standard InChI is InChI=1S/C11H23N/c1-2-9-12-10-7-5-3-4-6-8-11-12/h2-11H2,1H3. The molecule has 0 saturated carbocycles. The van der Waals surface area contributed by atoms with Gasteiger partial charge in [-0.15, -0.1) is 0 Å². The largest absolute Gasteiger partial charge is 0.303 e. The van der Waals surface area contributed by atoms with Crippen molar-refractivity contribution in [1.82, 2.24) is 4.90 Å². The van der Waals surface area contributed by atoms with E-state index in [1.165, 1.54) is 64.6 Å². The normalized spacial score (nSPS) is 22.8. The Labute approximate surface area is 77.1 Å². The molecule has 0 aromatic carbocycles. The van der Waals surface area contributed by atoms with Crippen LogP contribution in [0.15, 0.2) is 0 Å². The van der Waals surface area contributed by atoms with Gasteiger partial charge in [-0.25, -0.2) is 0 Å². The third-order valence-corrected chi connectivity index (χ3v) is 2.74. The van der Waals surface area contributed by atoms with Crippen molar-refractivity contribution in [3.8, 4) is 0 Å². The predicted octanol–water partition coefficient (Wildman–Crippen LogP) is 3.05. The zero-order valence-corrected chi connectivity index (χ0v) is 8.52. The van der Waals surface area contributed by atoms with Crippen molar-refractivity contribution in [2.75, 3.05) is 19.6 Å². The number of hydrogen-bond donors (Lipinski definition) is 0. The fraction of sp³-hybridized carbons (Fsp3) is 1.00. The van der Waals surface area contributed by atoms with Crippen molar-refractivity contribution in [3.63, 3.8) is 0 Å². The minimum atomic E-state index is 1.32. The van der Waals surface area contributed by atoms with E-state index in [2.05, 4.69) is 11.8 Å². The van der Waals surface area contributed by atoms with Crippen molar-refractivity contribution in [2.24, 2.45) is 0 Å². The molecule has 0 bridgehead atoms. The van der Waals surface area contributed by atoms with E-state index in [1.54, 1.807) is 0 Å². The lowest BCUT2D eigenvalue weighted by atomic mass is 10.1. The van der Waals surface area contributed by atoms with Crippen LogP contribution < -0.4 is 0 Å². The van der Waals surface area contributed by atoms with Gasteiger partial charge in [0.05, 0.1) is 0 Å². The Morgan fingerprint density at radius 1 is 0.833 bits per heavy atom. The fourth-order valence-corrected chi connectivity index (χ4v) is 2.03. The Balaban J connectivity index is 2.19. The summed E-state index contributed by atoms with van der Waals surface area (Å²) in [7, 11) is 0. The molecule has 1 aliphatic heterocycles. The molecule has 1 aliphatic rings. The van der Waals surface area contributed by atoms with Crippen molar-refractivity contribution in [2.45, 2.75) is 51.9 Å². The number of rotatable bonds is 2. The highest BCUT2D eigenvalue weighted by molar-refractivity contribution is 4.60. The van der Waals surface area contributed by atoms with Crippen molar-refractivity contribution in [1.29, 1.82) is 0 Å². The van der Waals surface area contributed by atoms with E-state index >= 15 is 0 Å². The third kappa shape index (κ3) is 4.10. The molecule has 0 aliphatic carbocycles. The highest BCUT2D eigenvalue weighted by Crippen LogP contribution is 2.10. The van der Waals surface area contributed by atoms with Crippen molar-refractivity contribution < 1.29 is 0 Å². The lowest BCUT2D eigenvalue weighted by Crippen LogP contribution is -2.26. The lowest BCUT2D eigenvalue weighted by Gasteiger charge is -2.20. The molecule has 0 atom stereocenters. The van der Waals surface area contributed by atoms with Crippen LogP contribution in [0.2, 0.25) is 0 Å². The molecule has 12 heavy (non-hydrogen) atoms. The second-order valence-electron chi connectivity index (χ2n) is 3.96. The van der Waals surface area contributed by atoms with Crippen molar-refractivity contribution in [3.05, 3.63) is 0 Å². The summed E-state index contributed by atoms with van der Waals surface area (Å²) < 4.78 is 0. The molecule has 0 spiro atoms. The molecule has 1 heteroatoms. The molecular weight excluding hydrogens is 146 g/mol. The molecule has 0 N–H and O–H groups in total. The molecule has 0 unspecified atom stereocenters. The molecule has 0 amide bonds. The quantitative estimate of drug-likeness (QED) is 0.614. The van der Waals surface area contributed by atoms with E-state index in [0.717, 1.165) is 0 Å². The van der Waals surface area contributed by atoms with Crippen LogP contribution in [0, 0.1) is 0 Å². The summed E-state index contributed by atoms with van der Waals surface area (Å²) in [5, 5.41) is 0. The number of hydrogen-bond acceptors (Lipinski definition) is 1. The summed E-state index contributed by atoms with van der Waals surface area (Å²) in [6, 6.07) is 0. The molecule has 72 valence electrons. The molecule has 1 nitrogen and oxygen atoms in total. The smallest absolute Gasteiger partial charge is 0.00187 e. The molecule has 1 fully saturated rings. The molecule has 0 aromatic rings. The summed E-state index contributed by atoms with van der Waals surface area (Å²) in [6.07, 6.45) is 10.0. The zero-order chi connectivity index (χ0) is 8.65. The maximum atomic E-state index is 2.64. The zero-order valence-electron chi connectivity index (χ0n) is 8.52. The third-order valence-electron chi connectivity index (χ3n) is 2.74. The summed E-state index contributed by atoms with van der Waals surface area (Å²) in [5.74, 6) is 0. The Bertz CT molecular complexity index is 91.2. The van der Waals surface area contributed by atoms with Crippen molar-refractivity contribution >= 4 is 0 Å². The van der Waals surface area contributed by atoms with Gasteiger partial charge in [-0.1, -0.05) is 32.6 Å². The Hall–Kier alpha value is -0.0400. The van der Waals surface area contributed by atoms with Gasteiger partial charge in [-0.05, 0) is 38.9 Å². The van der Waals surface area contributed by atoms with Crippen LogP contribution >= 0.6 is 0 Å². The first-order chi connectivity index (χ1) is 5.93. The second kappa shape index (κ2) is 6.47. The van der Waals surface area contributed by atoms with Gasteiger partial charge in [0.2, 0.25) is 0 Å². The number of nitrogens with zero attached hydrogens (tertiary/aromatic N) is 1. The van der Waals surface area contributed by atoms with Gasteiger partial charge in [-0.3, -0.25) is 0 Å². The summed E-state index contributed by atoms with van der Waals surface area (Å²) in [4.78, 5) is 2.64. The van der Waals surface area contributed by atoms with Gasteiger partial charge in [0, 0.05) is 0 Å². The van der Waals surface area contributed by atoms with Gasteiger partial charge < -0.3 is 4.90 Å². The SMILES string of the molecule is CCCN1CCCCCCCC1. The van der Waals surface area contributed by atoms with E-state index in [-0.39, 0.29) is 0 Å². The molecular formula is C11H23N. The minimum absolute atomic E-state index is 1.32. The monoisotopic (exact) mass is 169 g/mol. The van der Waals surface area contributed by atoms with Gasteiger partial charge in [0.15, 0.2) is 0 Å². The topological polar surface area (TPSA) is 3.24 Å². The molecule has 1 heterocycles. The molecule has 0 aromatic heterocycles. The van der Waals surface area contributed by atoms with E-state index in [0.29, 0.717) is 0 Å². The van der Waals surface area contributed by atoms with Crippen LogP contribution in [0.4, 0.5) is 0 Å². The summed E-state index contributed by atoms with van der Waals surface area (Å²) >= 11 is 0. The highest BCUT2D eigenvalue weighted by atomic mass is 15.1. The van der Waals surface area contributed by atoms with Crippen LogP contribution in [-0.2, 0) is 0 Å². The average Bonchev–Trinajstić information content (AvgIpc) is 2.19. The summed E-state index contributed by atoms with van der Waals surface area (Å²) in [6.45, 7) is 6.31. The average molecular weight is 169 g/mol. The first-order valence-corrected chi connectivity index (χ1v) is 5.66. The lowest BCUT2D eigenvalue weighted by molar-refractivity contribution is 0.269. The summed E-state index contributed by atoms with van der Waals surface area (Å²) in [5.41, 5.74) is 0. The van der Waals surface area contributed by atoms with E-state index in [4.69, 9.17) is 0 Å². The van der Waals surface area contributed by atoms with Gasteiger partial charge in [0.1, 0.15) is 0 Å². The first-order valence-electron chi connectivity index (χ1n) is 5.66. The maximum Gasteiger partial charge on any atom is -0.00187 e. The van der Waals surface area contributed by atoms with Crippen LogP contribution in [0.5, 0.6) is 0 Å². The van der Waals surface area contributed by atoms with Gasteiger partial charge >= 0.3 is 0 Å².